The van der Waals surface area contributed by atoms with Gasteiger partial charge >= 0.3 is 0 Å². The van der Waals surface area contributed by atoms with Crippen molar-refractivity contribution in [2.75, 3.05) is 6.61 Å². The number of hydrogen-bond acceptors (Lipinski definition) is 3. The van der Waals surface area contributed by atoms with Crippen LogP contribution in [0.1, 0.15) is 23.7 Å². The minimum atomic E-state index is 0.437. The highest BCUT2D eigenvalue weighted by atomic mass is 35.5. The van der Waals surface area contributed by atoms with Crippen LogP contribution in [-0.2, 0) is 0 Å². The highest BCUT2D eigenvalue weighted by Crippen LogP contribution is 2.26. The summed E-state index contributed by atoms with van der Waals surface area (Å²) in [7, 11) is 0. The first-order valence-corrected chi connectivity index (χ1v) is 6.45. The molecule has 0 fully saturated rings. The van der Waals surface area contributed by atoms with Crippen molar-refractivity contribution in [3.05, 3.63) is 47.2 Å². The minimum Gasteiger partial charge on any atom is -0.492 e. The first-order chi connectivity index (χ1) is 9.24. The zero-order chi connectivity index (χ0) is 13.7. The van der Waals surface area contributed by atoms with Crippen LogP contribution in [0.25, 0.3) is 11.1 Å². The predicted octanol–water partition coefficient (Wildman–Crippen LogP) is 4.00. The van der Waals surface area contributed by atoms with Crippen molar-refractivity contribution in [1.29, 1.82) is 0 Å². The normalized spacial score (nSPS) is 10.2. The zero-order valence-corrected chi connectivity index (χ0v) is 11.4. The second-order valence-corrected chi connectivity index (χ2v) is 4.52. The Labute approximate surface area is 117 Å². The van der Waals surface area contributed by atoms with Crippen LogP contribution in [0.3, 0.4) is 0 Å². The molecule has 0 aliphatic carbocycles. The number of ether oxygens (including phenoxy) is 1. The third-order valence-corrected chi connectivity index (χ3v) is 2.97. The molecule has 0 spiro atoms. The van der Waals surface area contributed by atoms with Crippen molar-refractivity contribution in [2.45, 2.75) is 13.3 Å². The van der Waals surface area contributed by atoms with Crippen LogP contribution in [0.2, 0.25) is 5.02 Å². The van der Waals surface area contributed by atoms with Gasteiger partial charge in [-0.15, -0.1) is 0 Å². The van der Waals surface area contributed by atoms with Gasteiger partial charge in [0.1, 0.15) is 5.75 Å². The van der Waals surface area contributed by atoms with Crippen LogP contribution in [0, 0.1) is 0 Å². The maximum Gasteiger partial charge on any atom is 0.151 e. The van der Waals surface area contributed by atoms with Crippen LogP contribution in [-0.4, -0.2) is 17.9 Å². The average molecular weight is 276 g/mol. The first-order valence-electron chi connectivity index (χ1n) is 6.07. The maximum absolute atomic E-state index is 10.7. The molecule has 0 saturated heterocycles. The van der Waals surface area contributed by atoms with Gasteiger partial charge in [-0.05, 0) is 30.2 Å². The number of carbonyl (C=O) groups is 1. The molecule has 1 aromatic carbocycles. The highest BCUT2D eigenvalue weighted by Gasteiger charge is 2.05. The molecule has 0 atom stereocenters. The Morgan fingerprint density at radius 3 is 2.79 bits per heavy atom. The molecule has 0 radical (unpaired) electrons. The molecule has 0 N–H and O–H groups in total. The van der Waals surface area contributed by atoms with Crippen molar-refractivity contribution < 1.29 is 9.53 Å². The topological polar surface area (TPSA) is 39.2 Å². The van der Waals surface area contributed by atoms with E-state index in [0.29, 0.717) is 17.2 Å². The number of rotatable bonds is 5. The van der Waals surface area contributed by atoms with Crippen LogP contribution in [0.4, 0.5) is 0 Å². The molecule has 3 nitrogen and oxygen atoms in total. The van der Waals surface area contributed by atoms with Gasteiger partial charge in [-0.2, -0.15) is 0 Å². The van der Waals surface area contributed by atoms with Crippen LogP contribution in [0.15, 0.2) is 36.7 Å². The molecule has 1 aromatic heterocycles. The van der Waals surface area contributed by atoms with E-state index < -0.39 is 0 Å². The van der Waals surface area contributed by atoms with Gasteiger partial charge in [-0.3, -0.25) is 9.78 Å². The molecule has 0 unspecified atom stereocenters. The molecule has 0 amide bonds. The summed E-state index contributed by atoms with van der Waals surface area (Å²) in [6.45, 7) is 2.71. The summed E-state index contributed by atoms with van der Waals surface area (Å²) in [6, 6.07) is 7.21. The van der Waals surface area contributed by atoms with Gasteiger partial charge in [-0.25, -0.2) is 0 Å². The van der Waals surface area contributed by atoms with Crippen molar-refractivity contribution in [2.24, 2.45) is 0 Å². The maximum atomic E-state index is 10.7. The number of halogens is 1. The van der Waals surface area contributed by atoms with Crippen molar-refractivity contribution in [3.8, 4) is 16.9 Å². The Kier molecular flexibility index (Phi) is 4.53. The Bertz CT molecular complexity index is 584. The molecular weight excluding hydrogens is 262 g/mol. The molecule has 98 valence electrons. The fourth-order valence-corrected chi connectivity index (χ4v) is 1.90. The molecule has 4 heteroatoms. The summed E-state index contributed by atoms with van der Waals surface area (Å²) in [5.74, 6) is 0.731. The van der Waals surface area contributed by atoms with E-state index in [-0.39, 0.29) is 0 Å². The van der Waals surface area contributed by atoms with Gasteiger partial charge in [0.2, 0.25) is 0 Å². The molecule has 2 rings (SSSR count). The van der Waals surface area contributed by atoms with Gasteiger partial charge in [0, 0.05) is 17.3 Å². The summed E-state index contributed by atoms with van der Waals surface area (Å²) in [6.07, 6.45) is 5.11. The molecule has 0 aliphatic heterocycles. The van der Waals surface area contributed by atoms with Gasteiger partial charge in [0.25, 0.3) is 0 Å². The number of carbonyl (C=O) groups excluding carboxylic acids is 1. The van der Waals surface area contributed by atoms with Gasteiger partial charge in [0.15, 0.2) is 6.29 Å². The SMILES string of the molecule is CCCOc1cncc(-c2ccc(C=O)c(Cl)c2)c1. The Morgan fingerprint density at radius 2 is 2.11 bits per heavy atom. The summed E-state index contributed by atoms with van der Waals surface area (Å²) in [5.41, 5.74) is 2.30. The van der Waals surface area contributed by atoms with Crippen molar-refractivity contribution in [3.63, 3.8) is 0 Å². The Morgan fingerprint density at radius 1 is 1.26 bits per heavy atom. The van der Waals surface area contributed by atoms with E-state index in [1.807, 2.05) is 12.1 Å². The lowest BCUT2D eigenvalue weighted by molar-refractivity contribution is 0.112. The third-order valence-electron chi connectivity index (χ3n) is 2.65. The zero-order valence-electron chi connectivity index (χ0n) is 10.6. The summed E-state index contributed by atoms with van der Waals surface area (Å²) >= 11 is 6.02. The smallest absolute Gasteiger partial charge is 0.151 e. The molecule has 19 heavy (non-hydrogen) atoms. The molecule has 2 aromatic rings. The van der Waals surface area contributed by atoms with E-state index >= 15 is 0 Å². The molecule has 0 saturated carbocycles. The second kappa shape index (κ2) is 6.34. The summed E-state index contributed by atoms with van der Waals surface area (Å²) < 4.78 is 5.54. The van der Waals surface area contributed by atoms with Crippen LogP contribution in [0.5, 0.6) is 5.75 Å². The number of aldehydes is 1. The Hall–Kier alpha value is -1.87. The van der Waals surface area contributed by atoms with Crippen molar-refractivity contribution in [1.82, 2.24) is 4.98 Å². The van der Waals surface area contributed by atoms with Crippen molar-refractivity contribution >= 4 is 17.9 Å². The van der Waals surface area contributed by atoms with Gasteiger partial charge in [-0.1, -0.05) is 24.6 Å². The minimum absolute atomic E-state index is 0.437. The fraction of sp³-hybridized carbons (Fsp3) is 0.200. The quantitative estimate of drug-likeness (QED) is 0.774. The average Bonchev–Trinajstić information content (AvgIpc) is 2.45. The number of aromatic nitrogens is 1. The molecule has 0 bridgehead atoms. The monoisotopic (exact) mass is 275 g/mol. The molecule has 0 aliphatic rings. The number of hydrogen-bond donors (Lipinski definition) is 0. The van der Waals surface area contributed by atoms with E-state index in [9.17, 15) is 4.79 Å². The standard InChI is InChI=1S/C15H14ClNO2/c1-2-5-19-14-6-13(8-17-9-14)11-3-4-12(10-18)15(16)7-11/h3-4,6-10H,2,5H2,1H3. The predicted molar refractivity (Wildman–Crippen MR) is 75.9 cm³/mol. The lowest BCUT2D eigenvalue weighted by Crippen LogP contribution is -1.95. The number of benzene rings is 1. The fourth-order valence-electron chi connectivity index (χ4n) is 1.68. The van der Waals surface area contributed by atoms with Gasteiger partial charge in [0.05, 0.1) is 17.8 Å². The first kappa shape index (κ1) is 13.6. The summed E-state index contributed by atoms with van der Waals surface area (Å²) in [5, 5.41) is 0.437. The highest BCUT2D eigenvalue weighted by molar-refractivity contribution is 6.33. The lowest BCUT2D eigenvalue weighted by atomic mass is 10.1. The van der Waals surface area contributed by atoms with Crippen LogP contribution >= 0.6 is 11.6 Å². The summed E-state index contributed by atoms with van der Waals surface area (Å²) in [4.78, 5) is 14.9. The lowest BCUT2D eigenvalue weighted by Gasteiger charge is -2.07. The van der Waals surface area contributed by atoms with E-state index in [4.69, 9.17) is 16.3 Å². The van der Waals surface area contributed by atoms with E-state index in [1.165, 1.54) is 0 Å². The number of nitrogens with zero attached hydrogens (tertiary/aromatic N) is 1. The van der Waals surface area contributed by atoms with Crippen LogP contribution < -0.4 is 4.74 Å². The van der Waals surface area contributed by atoms with Gasteiger partial charge < -0.3 is 4.74 Å². The third kappa shape index (κ3) is 3.32. The number of pyridine rings is 1. The largest absolute Gasteiger partial charge is 0.492 e. The second-order valence-electron chi connectivity index (χ2n) is 4.11. The van der Waals surface area contributed by atoms with E-state index in [2.05, 4.69) is 11.9 Å². The molecular formula is C15H14ClNO2. The Balaban J connectivity index is 2.30. The van der Waals surface area contributed by atoms with E-state index in [0.717, 1.165) is 29.6 Å². The molecule has 1 heterocycles. The van der Waals surface area contributed by atoms with E-state index in [1.54, 1.807) is 24.5 Å².